The fourth-order valence-electron chi connectivity index (χ4n) is 2.05. The van der Waals surface area contributed by atoms with E-state index in [0.717, 1.165) is 15.6 Å². The molecule has 0 spiro atoms. The minimum absolute atomic E-state index is 0.629. The van der Waals surface area contributed by atoms with Crippen molar-refractivity contribution in [1.29, 1.82) is 5.26 Å². The Kier molecular flexibility index (Phi) is 2.42. The van der Waals surface area contributed by atoms with Crippen molar-refractivity contribution in [2.45, 2.75) is 24.8 Å². The molecule has 2 aromatic heterocycles. The van der Waals surface area contributed by atoms with Crippen molar-refractivity contribution in [1.82, 2.24) is 9.61 Å². The van der Waals surface area contributed by atoms with E-state index in [1.807, 2.05) is 16.8 Å². The maximum absolute atomic E-state index is 8.88. The second-order valence-electron chi connectivity index (χ2n) is 4.40. The lowest BCUT2D eigenvalue weighted by Crippen LogP contribution is -2.07. The van der Waals surface area contributed by atoms with Gasteiger partial charge in [0.25, 0.3) is 0 Å². The van der Waals surface area contributed by atoms with Gasteiger partial charge in [-0.15, -0.1) is 0 Å². The van der Waals surface area contributed by atoms with Gasteiger partial charge in [0.05, 0.1) is 17.8 Å². The number of fused-ring (bicyclic) bond motifs is 1. The lowest BCUT2D eigenvalue weighted by Gasteiger charge is -2.05. The fourth-order valence-corrected chi connectivity index (χ4v) is 2.73. The molecule has 1 unspecified atom stereocenters. The molecule has 0 radical (unpaired) electrons. The zero-order valence-electron chi connectivity index (χ0n) is 9.10. The maximum atomic E-state index is 8.88. The smallest absolute Gasteiger partial charge is 0.122 e. The quantitative estimate of drug-likeness (QED) is 0.924. The topological polar surface area (TPSA) is 67.1 Å². The normalized spacial score (nSPS) is 17.0. The van der Waals surface area contributed by atoms with Crippen LogP contribution < -0.4 is 5.73 Å². The highest BCUT2D eigenvalue weighted by Gasteiger charge is 2.25. The zero-order valence-corrected chi connectivity index (χ0v) is 10.7. The van der Waals surface area contributed by atoms with Crippen molar-refractivity contribution in [3.63, 3.8) is 0 Å². The number of nitrogens with zero attached hydrogens (tertiary/aromatic N) is 3. The summed E-state index contributed by atoms with van der Waals surface area (Å²) in [4.78, 5) is 0. The highest BCUT2D eigenvalue weighted by molar-refractivity contribution is 9.10. The molecule has 5 heteroatoms. The van der Waals surface area contributed by atoms with E-state index < -0.39 is 6.04 Å². The lowest BCUT2D eigenvalue weighted by molar-refractivity contribution is 0.929. The summed E-state index contributed by atoms with van der Waals surface area (Å²) in [5.41, 5.74) is 8.70. The Hall–Kier alpha value is -1.38. The van der Waals surface area contributed by atoms with Crippen LogP contribution in [0.4, 0.5) is 0 Å². The molecule has 1 saturated carbocycles. The number of nitrogens with two attached hydrogens (primary N) is 1. The van der Waals surface area contributed by atoms with Crippen molar-refractivity contribution in [3.8, 4) is 6.07 Å². The molecule has 2 N–H and O–H groups in total. The SMILES string of the molecule is N#CC(N)c1cnn2cc(C3CC3)cc(Br)c12. The van der Waals surface area contributed by atoms with Crippen molar-refractivity contribution in [2.75, 3.05) is 0 Å². The molecule has 1 aliphatic carbocycles. The fraction of sp³-hybridized carbons (Fsp3) is 0.333. The van der Waals surface area contributed by atoms with Crippen LogP contribution in [0.2, 0.25) is 0 Å². The van der Waals surface area contributed by atoms with Gasteiger partial charge in [-0.05, 0) is 46.3 Å². The average molecular weight is 291 g/mol. The monoisotopic (exact) mass is 290 g/mol. The predicted molar refractivity (Wildman–Crippen MR) is 67.4 cm³/mol. The molecule has 1 atom stereocenters. The van der Waals surface area contributed by atoms with Crippen LogP contribution >= 0.6 is 15.9 Å². The summed E-state index contributed by atoms with van der Waals surface area (Å²) >= 11 is 3.55. The Balaban J connectivity index is 2.20. The Morgan fingerprint density at radius 2 is 2.35 bits per heavy atom. The van der Waals surface area contributed by atoms with Gasteiger partial charge in [-0.1, -0.05) is 0 Å². The Morgan fingerprint density at radius 3 is 3.00 bits per heavy atom. The molecular weight excluding hydrogens is 280 g/mol. The third kappa shape index (κ3) is 1.74. The molecule has 0 aliphatic heterocycles. The summed E-state index contributed by atoms with van der Waals surface area (Å²) in [6.45, 7) is 0. The van der Waals surface area contributed by atoms with Crippen LogP contribution in [0.3, 0.4) is 0 Å². The summed E-state index contributed by atoms with van der Waals surface area (Å²) in [6.07, 6.45) is 6.21. The summed E-state index contributed by atoms with van der Waals surface area (Å²) in [7, 11) is 0. The summed E-state index contributed by atoms with van der Waals surface area (Å²) in [6, 6.07) is 3.52. The molecule has 0 aromatic carbocycles. The first-order valence-corrected chi connectivity index (χ1v) is 6.32. The van der Waals surface area contributed by atoms with Crippen LogP contribution in [-0.2, 0) is 0 Å². The first kappa shape index (κ1) is 10.8. The largest absolute Gasteiger partial charge is 0.312 e. The molecule has 0 saturated heterocycles. The van der Waals surface area contributed by atoms with Crippen molar-refractivity contribution >= 4 is 21.4 Å². The van der Waals surface area contributed by atoms with Gasteiger partial charge in [0.1, 0.15) is 6.04 Å². The van der Waals surface area contributed by atoms with Crippen LogP contribution in [0.15, 0.2) is 22.9 Å². The molecule has 2 heterocycles. The molecule has 3 rings (SSSR count). The second kappa shape index (κ2) is 3.83. The van der Waals surface area contributed by atoms with Crippen LogP contribution in [0.5, 0.6) is 0 Å². The number of halogens is 1. The Bertz CT molecular complexity index is 621. The zero-order chi connectivity index (χ0) is 12.0. The van der Waals surface area contributed by atoms with Crippen LogP contribution in [0.25, 0.3) is 5.52 Å². The number of aromatic nitrogens is 2. The molecule has 1 aliphatic rings. The van der Waals surface area contributed by atoms with Gasteiger partial charge in [0.15, 0.2) is 0 Å². The summed E-state index contributed by atoms with van der Waals surface area (Å²) in [5.74, 6) is 0.674. The third-order valence-electron chi connectivity index (χ3n) is 3.14. The van der Waals surface area contributed by atoms with Gasteiger partial charge in [-0.3, -0.25) is 0 Å². The molecule has 86 valence electrons. The van der Waals surface area contributed by atoms with E-state index in [4.69, 9.17) is 11.0 Å². The Morgan fingerprint density at radius 1 is 1.59 bits per heavy atom. The average Bonchev–Trinajstić information content (AvgIpc) is 3.08. The summed E-state index contributed by atoms with van der Waals surface area (Å²) < 4.78 is 2.77. The van der Waals surface area contributed by atoms with E-state index in [-0.39, 0.29) is 0 Å². The number of pyridine rings is 1. The maximum Gasteiger partial charge on any atom is 0.122 e. The number of nitriles is 1. The van der Waals surface area contributed by atoms with Gasteiger partial charge in [0.2, 0.25) is 0 Å². The minimum atomic E-state index is -0.629. The molecular formula is C12H11BrN4. The van der Waals surface area contributed by atoms with E-state index in [0.29, 0.717) is 5.92 Å². The van der Waals surface area contributed by atoms with Crippen molar-refractivity contribution in [3.05, 3.63) is 34.1 Å². The van der Waals surface area contributed by atoms with Gasteiger partial charge >= 0.3 is 0 Å². The Labute approximate surface area is 107 Å². The molecule has 4 nitrogen and oxygen atoms in total. The molecule has 2 aromatic rings. The lowest BCUT2D eigenvalue weighted by atomic mass is 10.1. The van der Waals surface area contributed by atoms with E-state index in [1.165, 1.54) is 18.4 Å². The number of hydrogen-bond acceptors (Lipinski definition) is 3. The van der Waals surface area contributed by atoms with Gasteiger partial charge < -0.3 is 5.73 Å². The predicted octanol–water partition coefficient (Wildman–Crippen LogP) is 2.50. The number of rotatable bonds is 2. The highest BCUT2D eigenvalue weighted by atomic mass is 79.9. The van der Waals surface area contributed by atoms with Crippen LogP contribution in [0, 0.1) is 11.3 Å². The van der Waals surface area contributed by atoms with Crippen LogP contribution in [0.1, 0.15) is 35.9 Å². The molecule has 1 fully saturated rings. The highest BCUT2D eigenvalue weighted by Crippen LogP contribution is 2.41. The summed E-state index contributed by atoms with van der Waals surface area (Å²) in [5, 5.41) is 13.2. The molecule has 0 amide bonds. The van der Waals surface area contributed by atoms with E-state index >= 15 is 0 Å². The molecule has 17 heavy (non-hydrogen) atoms. The first-order chi connectivity index (χ1) is 8.20. The van der Waals surface area contributed by atoms with Crippen molar-refractivity contribution < 1.29 is 0 Å². The van der Waals surface area contributed by atoms with Gasteiger partial charge in [-0.25, -0.2) is 4.52 Å². The second-order valence-corrected chi connectivity index (χ2v) is 5.25. The van der Waals surface area contributed by atoms with E-state index in [2.05, 4.69) is 27.1 Å². The first-order valence-electron chi connectivity index (χ1n) is 5.52. The van der Waals surface area contributed by atoms with Gasteiger partial charge in [0, 0.05) is 16.2 Å². The minimum Gasteiger partial charge on any atom is -0.312 e. The van der Waals surface area contributed by atoms with E-state index in [9.17, 15) is 0 Å². The molecule has 0 bridgehead atoms. The van der Waals surface area contributed by atoms with Crippen LogP contribution in [-0.4, -0.2) is 9.61 Å². The third-order valence-corrected chi connectivity index (χ3v) is 3.74. The standard InChI is InChI=1S/C12H11BrN4/c13-10-3-8(7-1-2-7)6-17-12(10)9(5-16-17)11(15)4-14/h3,5-7,11H,1-2,15H2. The number of hydrogen-bond donors (Lipinski definition) is 1. The van der Waals surface area contributed by atoms with E-state index in [1.54, 1.807) is 6.20 Å². The van der Waals surface area contributed by atoms with Gasteiger partial charge in [-0.2, -0.15) is 10.4 Å². The van der Waals surface area contributed by atoms with Crippen molar-refractivity contribution in [2.24, 2.45) is 5.73 Å².